The van der Waals surface area contributed by atoms with Crippen LogP contribution in [0.3, 0.4) is 0 Å². The third-order valence-electron chi connectivity index (χ3n) is 3.73. The van der Waals surface area contributed by atoms with Gasteiger partial charge in [-0.05, 0) is 24.6 Å². The van der Waals surface area contributed by atoms with Crippen molar-refractivity contribution >= 4 is 46.3 Å². The highest BCUT2D eigenvalue weighted by Gasteiger charge is 2.40. The van der Waals surface area contributed by atoms with E-state index in [2.05, 4.69) is 0 Å². The molecule has 128 valence electrons. The number of aryl methyl sites for hydroxylation is 1. The summed E-state index contributed by atoms with van der Waals surface area (Å²) in [5, 5.41) is 9.61. The predicted molar refractivity (Wildman–Crippen MR) is 100 cm³/mol. The fourth-order valence-electron chi connectivity index (χ4n) is 2.54. The van der Waals surface area contributed by atoms with Crippen LogP contribution in [-0.4, -0.2) is 32.2 Å². The third-order valence-corrected chi connectivity index (χ3v) is 5.06. The molecule has 2 aromatic rings. The summed E-state index contributed by atoms with van der Waals surface area (Å²) in [7, 11) is 0. The van der Waals surface area contributed by atoms with E-state index >= 15 is 0 Å². The van der Waals surface area contributed by atoms with Gasteiger partial charge in [-0.2, -0.15) is 0 Å². The Morgan fingerprint density at radius 1 is 1.32 bits per heavy atom. The highest BCUT2D eigenvalue weighted by atomic mass is 32.2. The summed E-state index contributed by atoms with van der Waals surface area (Å²) in [5.74, 6) is -0.232. The fraction of sp³-hybridized carbons (Fsp3) is 0.167. The Kier molecular flexibility index (Phi) is 5.06. The van der Waals surface area contributed by atoms with Gasteiger partial charge in [0.25, 0.3) is 5.91 Å². The van der Waals surface area contributed by atoms with Crippen LogP contribution in [-0.2, 0) is 16.0 Å². The number of hydrogen-bond acceptors (Lipinski definition) is 5. The van der Waals surface area contributed by atoms with E-state index in [1.807, 2.05) is 37.3 Å². The molecule has 1 saturated heterocycles. The Morgan fingerprint density at radius 3 is 2.64 bits per heavy atom. The number of thiocarbonyl (C=S) groups is 1. The van der Waals surface area contributed by atoms with Gasteiger partial charge in [-0.3, -0.25) is 9.69 Å². The average Bonchev–Trinajstić information content (AvgIpc) is 3.10. The minimum atomic E-state index is -1.09. The molecular weight excluding hydrogens is 358 g/mol. The topological polar surface area (TPSA) is 70.8 Å². The number of carboxylic acid groups (broad SMARTS) is 1. The Bertz CT molecular complexity index is 857. The summed E-state index contributed by atoms with van der Waals surface area (Å²) in [6.45, 7) is 1.81. The molecule has 1 aromatic heterocycles. The molecule has 25 heavy (non-hydrogen) atoms. The molecule has 1 N–H and O–H groups in total. The van der Waals surface area contributed by atoms with Crippen molar-refractivity contribution in [2.24, 2.45) is 0 Å². The maximum absolute atomic E-state index is 12.7. The molecule has 2 heterocycles. The zero-order chi connectivity index (χ0) is 18.0. The first-order valence-electron chi connectivity index (χ1n) is 7.56. The number of carboxylic acids is 1. The minimum Gasteiger partial charge on any atom is -0.480 e. The Morgan fingerprint density at radius 2 is 2.04 bits per heavy atom. The lowest BCUT2D eigenvalue weighted by Crippen LogP contribution is -2.45. The lowest BCUT2D eigenvalue weighted by atomic mass is 10.0. The van der Waals surface area contributed by atoms with Crippen LogP contribution in [0.5, 0.6) is 0 Å². The van der Waals surface area contributed by atoms with E-state index in [9.17, 15) is 14.7 Å². The van der Waals surface area contributed by atoms with Crippen LogP contribution in [0.15, 0.2) is 51.8 Å². The van der Waals surface area contributed by atoms with Gasteiger partial charge in [-0.15, -0.1) is 0 Å². The maximum atomic E-state index is 12.7. The first-order chi connectivity index (χ1) is 12.0. The summed E-state index contributed by atoms with van der Waals surface area (Å²) >= 11 is 6.35. The molecular formula is C18H15NO4S2. The van der Waals surface area contributed by atoms with Gasteiger partial charge in [0.1, 0.15) is 21.9 Å². The van der Waals surface area contributed by atoms with Crippen LogP contribution in [0.4, 0.5) is 0 Å². The number of nitrogens with zero attached hydrogens (tertiary/aromatic N) is 1. The number of hydrogen-bond donors (Lipinski definition) is 1. The van der Waals surface area contributed by atoms with E-state index in [4.69, 9.17) is 16.6 Å². The molecule has 0 radical (unpaired) electrons. The zero-order valence-electron chi connectivity index (χ0n) is 13.3. The second kappa shape index (κ2) is 7.25. The molecule has 5 nitrogen and oxygen atoms in total. The lowest BCUT2D eigenvalue weighted by molar-refractivity contribution is -0.145. The molecule has 3 rings (SSSR count). The molecule has 0 aliphatic carbocycles. The molecule has 1 aliphatic rings. The molecule has 1 fully saturated rings. The van der Waals surface area contributed by atoms with E-state index in [1.54, 1.807) is 18.2 Å². The number of thioether (sulfide) groups is 1. The number of carbonyl (C=O) groups excluding carboxylic acids is 1. The summed E-state index contributed by atoms with van der Waals surface area (Å²) in [6.07, 6.45) is 1.78. The van der Waals surface area contributed by atoms with Gasteiger partial charge in [-0.25, -0.2) is 4.79 Å². The highest BCUT2D eigenvalue weighted by molar-refractivity contribution is 8.26. The Labute approximate surface area is 154 Å². The van der Waals surface area contributed by atoms with Crippen molar-refractivity contribution in [2.45, 2.75) is 19.4 Å². The normalized spacial score (nSPS) is 17.3. The number of rotatable bonds is 5. The van der Waals surface area contributed by atoms with Gasteiger partial charge in [0.05, 0.1) is 4.91 Å². The SMILES string of the molecule is Cc1ccc(/C=C2/SC(=S)N([C@H](Cc3ccccc3)C(=O)O)C2=O)o1. The van der Waals surface area contributed by atoms with E-state index in [1.165, 1.54) is 4.90 Å². The van der Waals surface area contributed by atoms with Crippen molar-refractivity contribution in [3.8, 4) is 0 Å². The third kappa shape index (κ3) is 3.83. The second-order valence-electron chi connectivity index (χ2n) is 5.54. The first-order valence-corrected chi connectivity index (χ1v) is 8.78. The molecule has 1 amide bonds. The van der Waals surface area contributed by atoms with Gasteiger partial charge < -0.3 is 9.52 Å². The van der Waals surface area contributed by atoms with Gasteiger partial charge >= 0.3 is 5.97 Å². The molecule has 1 atom stereocenters. The van der Waals surface area contributed by atoms with Crippen LogP contribution in [0.2, 0.25) is 0 Å². The summed E-state index contributed by atoms with van der Waals surface area (Å²) in [6, 6.07) is 11.7. The van der Waals surface area contributed by atoms with Gasteiger partial charge in [0.15, 0.2) is 0 Å². The quantitative estimate of drug-likeness (QED) is 0.639. The molecule has 0 spiro atoms. The van der Waals surface area contributed by atoms with Crippen LogP contribution in [0, 0.1) is 6.92 Å². The molecule has 0 unspecified atom stereocenters. The predicted octanol–water partition coefficient (Wildman–Crippen LogP) is 3.49. The van der Waals surface area contributed by atoms with E-state index in [0.717, 1.165) is 23.1 Å². The van der Waals surface area contributed by atoms with Crippen LogP contribution in [0.25, 0.3) is 6.08 Å². The summed E-state index contributed by atoms with van der Waals surface area (Å²) in [5.41, 5.74) is 0.828. The van der Waals surface area contributed by atoms with Crippen LogP contribution in [0.1, 0.15) is 17.1 Å². The van der Waals surface area contributed by atoms with Gasteiger partial charge in [0.2, 0.25) is 0 Å². The van der Waals surface area contributed by atoms with Gasteiger partial charge in [-0.1, -0.05) is 54.3 Å². The standard InChI is InChI=1S/C18H15NO4S2/c1-11-7-8-13(23-11)10-15-16(20)19(18(24)25-15)14(17(21)22)9-12-5-3-2-4-6-12/h2-8,10,14H,9H2,1H3,(H,21,22)/b15-10+/t14-/m1/s1. The molecule has 0 saturated carbocycles. The zero-order valence-corrected chi connectivity index (χ0v) is 15.0. The number of amides is 1. The Hall–Kier alpha value is -2.38. The van der Waals surface area contributed by atoms with Crippen molar-refractivity contribution in [3.05, 3.63) is 64.5 Å². The van der Waals surface area contributed by atoms with Crippen molar-refractivity contribution in [1.82, 2.24) is 4.90 Å². The number of furan rings is 1. The van der Waals surface area contributed by atoms with Crippen molar-refractivity contribution in [3.63, 3.8) is 0 Å². The van der Waals surface area contributed by atoms with E-state index in [-0.39, 0.29) is 10.7 Å². The largest absolute Gasteiger partial charge is 0.480 e. The van der Waals surface area contributed by atoms with Gasteiger partial charge in [0, 0.05) is 12.5 Å². The average molecular weight is 373 g/mol. The van der Waals surface area contributed by atoms with E-state index < -0.39 is 17.9 Å². The molecule has 1 aliphatic heterocycles. The first kappa shape index (κ1) is 17.4. The smallest absolute Gasteiger partial charge is 0.327 e. The van der Waals surface area contributed by atoms with Crippen LogP contribution >= 0.6 is 24.0 Å². The Balaban J connectivity index is 1.86. The number of benzene rings is 1. The number of carbonyl (C=O) groups is 2. The minimum absolute atomic E-state index is 0.190. The molecule has 7 heteroatoms. The monoisotopic (exact) mass is 373 g/mol. The number of aliphatic carboxylic acids is 1. The van der Waals surface area contributed by atoms with Crippen molar-refractivity contribution in [1.29, 1.82) is 0 Å². The summed E-state index contributed by atoms with van der Waals surface area (Å²) in [4.78, 5) is 26.0. The molecule has 0 bridgehead atoms. The van der Waals surface area contributed by atoms with Crippen molar-refractivity contribution in [2.75, 3.05) is 0 Å². The fourth-order valence-corrected chi connectivity index (χ4v) is 3.87. The van der Waals surface area contributed by atoms with Crippen LogP contribution < -0.4 is 0 Å². The summed E-state index contributed by atoms with van der Waals surface area (Å²) < 4.78 is 5.69. The highest BCUT2D eigenvalue weighted by Crippen LogP contribution is 2.35. The van der Waals surface area contributed by atoms with Crippen molar-refractivity contribution < 1.29 is 19.1 Å². The second-order valence-corrected chi connectivity index (χ2v) is 7.22. The van der Waals surface area contributed by atoms with E-state index in [0.29, 0.717) is 10.7 Å². The maximum Gasteiger partial charge on any atom is 0.327 e. The molecule has 1 aromatic carbocycles. The lowest BCUT2D eigenvalue weighted by Gasteiger charge is -2.23.